The van der Waals surface area contributed by atoms with Crippen LogP contribution in [-0.2, 0) is 15.8 Å². The minimum Gasteiger partial charge on any atom is -0.492 e. The summed E-state index contributed by atoms with van der Waals surface area (Å²) in [5.74, 6) is 0.578. The Balaban J connectivity index is 1.91. The number of nitrogens with zero attached hydrogens (tertiary/aromatic N) is 1. The number of rotatable bonds is 7. The van der Waals surface area contributed by atoms with Gasteiger partial charge in [0.2, 0.25) is 10.0 Å². The van der Waals surface area contributed by atoms with Gasteiger partial charge in [-0.05, 0) is 29.8 Å². The van der Waals surface area contributed by atoms with Gasteiger partial charge in [0, 0.05) is 13.6 Å². The molecule has 0 aliphatic carbocycles. The normalized spacial score (nSPS) is 11.7. The third kappa shape index (κ3) is 5.39. The van der Waals surface area contributed by atoms with Crippen LogP contribution in [0.15, 0.2) is 48.5 Å². The fourth-order valence-corrected chi connectivity index (χ4v) is 3.39. The van der Waals surface area contributed by atoms with E-state index in [-0.39, 0.29) is 18.9 Å². The van der Waals surface area contributed by atoms with E-state index < -0.39 is 10.0 Å². The number of hydrogen-bond acceptors (Lipinski definition) is 3. The minimum absolute atomic E-state index is 0.133. The molecule has 0 heterocycles. The van der Waals surface area contributed by atoms with Crippen molar-refractivity contribution in [3.63, 3.8) is 0 Å². The average Bonchev–Trinajstić information content (AvgIpc) is 2.51. The highest BCUT2D eigenvalue weighted by Crippen LogP contribution is 2.24. The van der Waals surface area contributed by atoms with Crippen LogP contribution in [-0.4, -0.2) is 32.9 Å². The van der Waals surface area contributed by atoms with Crippen molar-refractivity contribution in [2.24, 2.45) is 0 Å². The molecule has 0 aliphatic heterocycles. The molecule has 7 heteroatoms. The fourth-order valence-electron chi connectivity index (χ4n) is 1.90. The van der Waals surface area contributed by atoms with Gasteiger partial charge in [-0.1, -0.05) is 47.5 Å². The van der Waals surface area contributed by atoms with E-state index in [1.54, 1.807) is 18.2 Å². The first-order chi connectivity index (χ1) is 10.9. The number of hydrogen-bond donors (Lipinski definition) is 0. The molecule has 124 valence electrons. The topological polar surface area (TPSA) is 46.6 Å². The van der Waals surface area contributed by atoms with Gasteiger partial charge in [0.05, 0.1) is 15.8 Å². The molecule has 2 aromatic rings. The van der Waals surface area contributed by atoms with Gasteiger partial charge in [-0.3, -0.25) is 0 Å². The van der Waals surface area contributed by atoms with Crippen LogP contribution >= 0.6 is 23.2 Å². The van der Waals surface area contributed by atoms with Crippen molar-refractivity contribution in [3.8, 4) is 5.75 Å². The number of halogens is 2. The average molecular weight is 374 g/mol. The van der Waals surface area contributed by atoms with E-state index in [9.17, 15) is 8.42 Å². The summed E-state index contributed by atoms with van der Waals surface area (Å²) in [7, 11) is -1.92. The number of para-hydroxylation sites is 1. The maximum Gasteiger partial charge on any atom is 0.218 e. The van der Waals surface area contributed by atoms with E-state index in [4.69, 9.17) is 27.9 Å². The van der Waals surface area contributed by atoms with Crippen LogP contribution in [0.3, 0.4) is 0 Å². The second-order valence-corrected chi connectivity index (χ2v) is 7.88. The molecule has 23 heavy (non-hydrogen) atoms. The third-order valence-corrected chi connectivity index (χ3v) is 5.80. The molecule has 0 spiro atoms. The van der Waals surface area contributed by atoms with Crippen molar-refractivity contribution in [3.05, 3.63) is 64.1 Å². The van der Waals surface area contributed by atoms with Crippen LogP contribution in [0.25, 0.3) is 0 Å². The highest BCUT2D eigenvalue weighted by atomic mass is 35.5. The number of likely N-dealkylation sites (N-methyl/N-ethyl adjacent to an activating group) is 1. The van der Waals surface area contributed by atoms with Gasteiger partial charge in [0.1, 0.15) is 12.4 Å². The molecule has 4 nitrogen and oxygen atoms in total. The van der Waals surface area contributed by atoms with Crippen molar-refractivity contribution >= 4 is 33.2 Å². The summed E-state index contributed by atoms with van der Waals surface area (Å²) in [6.45, 7) is 0.541. The Morgan fingerprint density at radius 2 is 1.74 bits per heavy atom. The monoisotopic (exact) mass is 373 g/mol. The van der Waals surface area contributed by atoms with Crippen LogP contribution in [0.1, 0.15) is 5.56 Å². The molecule has 0 radical (unpaired) electrons. The van der Waals surface area contributed by atoms with Crippen LogP contribution in [0.2, 0.25) is 10.0 Å². The molecule has 0 bridgehead atoms. The lowest BCUT2D eigenvalue weighted by Crippen LogP contribution is -2.32. The first kappa shape index (κ1) is 18.1. The SMILES string of the molecule is CN(CCOc1ccccc1)S(=O)(=O)Cc1ccc(Cl)c(Cl)c1. The Morgan fingerprint density at radius 3 is 2.39 bits per heavy atom. The molecule has 0 aliphatic rings. The lowest BCUT2D eigenvalue weighted by molar-refractivity contribution is 0.287. The van der Waals surface area contributed by atoms with E-state index in [1.807, 2.05) is 30.3 Å². The molecule has 0 aromatic heterocycles. The zero-order valence-corrected chi connectivity index (χ0v) is 14.9. The van der Waals surface area contributed by atoms with E-state index in [0.717, 1.165) is 0 Å². The zero-order chi connectivity index (χ0) is 16.9. The molecule has 0 saturated carbocycles. The zero-order valence-electron chi connectivity index (χ0n) is 12.6. The predicted octanol–water partition coefficient (Wildman–Crippen LogP) is 3.83. The lowest BCUT2D eigenvalue weighted by atomic mass is 10.2. The van der Waals surface area contributed by atoms with Gasteiger partial charge >= 0.3 is 0 Å². The summed E-state index contributed by atoms with van der Waals surface area (Å²) in [6, 6.07) is 14.1. The standard InChI is InChI=1S/C16H17Cl2NO3S/c1-19(9-10-22-14-5-3-2-4-6-14)23(20,21)12-13-7-8-15(17)16(18)11-13/h2-8,11H,9-10,12H2,1H3. The molecule has 2 rings (SSSR count). The smallest absolute Gasteiger partial charge is 0.218 e. The number of sulfonamides is 1. The third-order valence-electron chi connectivity index (χ3n) is 3.23. The Morgan fingerprint density at radius 1 is 1.04 bits per heavy atom. The number of benzene rings is 2. The van der Waals surface area contributed by atoms with Gasteiger partial charge in [0.15, 0.2) is 0 Å². The summed E-state index contributed by atoms with van der Waals surface area (Å²) >= 11 is 11.7. The molecular formula is C16H17Cl2NO3S. The van der Waals surface area contributed by atoms with Crippen molar-refractivity contribution in [2.45, 2.75) is 5.75 Å². The largest absolute Gasteiger partial charge is 0.492 e. The molecule has 0 N–H and O–H groups in total. The molecule has 0 saturated heterocycles. The summed E-state index contributed by atoms with van der Waals surface area (Å²) in [6.07, 6.45) is 0. The molecular weight excluding hydrogens is 357 g/mol. The summed E-state index contributed by atoms with van der Waals surface area (Å²) in [5, 5.41) is 0.742. The summed E-state index contributed by atoms with van der Waals surface area (Å²) in [5.41, 5.74) is 0.593. The van der Waals surface area contributed by atoms with Crippen LogP contribution in [0.5, 0.6) is 5.75 Å². The number of ether oxygens (including phenoxy) is 1. The Labute approximate surface area is 146 Å². The van der Waals surface area contributed by atoms with Gasteiger partial charge in [-0.15, -0.1) is 0 Å². The van der Waals surface area contributed by atoms with Crippen molar-refractivity contribution in [1.29, 1.82) is 0 Å². The van der Waals surface area contributed by atoms with E-state index in [0.29, 0.717) is 21.4 Å². The maximum absolute atomic E-state index is 12.3. The van der Waals surface area contributed by atoms with E-state index in [1.165, 1.54) is 11.4 Å². The molecule has 0 amide bonds. The van der Waals surface area contributed by atoms with Crippen LogP contribution in [0, 0.1) is 0 Å². The van der Waals surface area contributed by atoms with E-state index in [2.05, 4.69) is 0 Å². The quantitative estimate of drug-likeness (QED) is 0.740. The minimum atomic E-state index is -3.45. The Hall–Kier alpha value is -1.27. The van der Waals surface area contributed by atoms with Crippen molar-refractivity contribution < 1.29 is 13.2 Å². The first-order valence-electron chi connectivity index (χ1n) is 6.94. The molecule has 2 aromatic carbocycles. The van der Waals surface area contributed by atoms with E-state index >= 15 is 0 Å². The fraction of sp³-hybridized carbons (Fsp3) is 0.250. The maximum atomic E-state index is 12.3. The Bertz CT molecular complexity index is 751. The van der Waals surface area contributed by atoms with Crippen LogP contribution in [0.4, 0.5) is 0 Å². The Kier molecular flexibility index (Phi) is 6.30. The van der Waals surface area contributed by atoms with Gasteiger partial charge < -0.3 is 4.74 Å². The molecule has 0 atom stereocenters. The highest BCUT2D eigenvalue weighted by Gasteiger charge is 2.19. The lowest BCUT2D eigenvalue weighted by Gasteiger charge is -2.17. The summed E-state index contributed by atoms with van der Waals surface area (Å²) in [4.78, 5) is 0. The van der Waals surface area contributed by atoms with Crippen molar-refractivity contribution in [2.75, 3.05) is 20.2 Å². The van der Waals surface area contributed by atoms with Crippen LogP contribution < -0.4 is 4.74 Å². The first-order valence-corrected chi connectivity index (χ1v) is 9.31. The van der Waals surface area contributed by atoms with Gasteiger partial charge in [0.25, 0.3) is 0 Å². The van der Waals surface area contributed by atoms with Gasteiger partial charge in [-0.2, -0.15) is 0 Å². The summed E-state index contributed by atoms with van der Waals surface area (Å²) < 4.78 is 31.5. The molecule has 0 unspecified atom stereocenters. The van der Waals surface area contributed by atoms with Gasteiger partial charge in [-0.25, -0.2) is 12.7 Å². The predicted molar refractivity (Wildman–Crippen MR) is 93.7 cm³/mol. The second kappa shape index (κ2) is 8.02. The second-order valence-electron chi connectivity index (χ2n) is 4.99. The molecule has 0 fully saturated rings. The highest BCUT2D eigenvalue weighted by molar-refractivity contribution is 7.88. The van der Waals surface area contributed by atoms with Crippen molar-refractivity contribution in [1.82, 2.24) is 4.31 Å².